The average Bonchev–Trinajstić information content (AvgIpc) is 2.35. The van der Waals surface area contributed by atoms with Crippen LogP contribution in [0.25, 0.3) is 0 Å². The van der Waals surface area contributed by atoms with Crippen LogP contribution in [0.5, 0.6) is 0 Å². The summed E-state index contributed by atoms with van der Waals surface area (Å²) in [6, 6.07) is 0. The third-order valence-corrected chi connectivity index (χ3v) is 2.69. The Morgan fingerprint density at radius 1 is 1.53 bits per heavy atom. The normalized spacial score (nSPS) is 20.4. The fourth-order valence-corrected chi connectivity index (χ4v) is 1.82. The lowest BCUT2D eigenvalue weighted by Crippen LogP contribution is -2.27. The van der Waals surface area contributed by atoms with E-state index < -0.39 is 0 Å². The molecular weight excluding hydrogens is 222 g/mol. The summed E-state index contributed by atoms with van der Waals surface area (Å²) >= 11 is 0. The second-order valence-corrected chi connectivity index (χ2v) is 4.00. The highest BCUT2D eigenvalue weighted by molar-refractivity contribution is 5.37. The average molecular weight is 239 g/mol. The van der Waals surface area contributed by atoms with Gasteiger partial charge in [0.1, 0.15) is 17.7 Å². The molecule has 1 saturated heterocycles. The molecule has 3 N–H and O–H groups in total. The van der Waals surface area contributed by atoms with Crippen molar-refractivity contribution in [3.63, 3.8) is 0 Å². The minimum absolute atomic E-state index is 0.177. The van der Waals surface area contributed by atoms with Crippen molar-refractivity contribution in [1.82, 2.24) is 9.97 Å². The standard InChI is InChI=1S/C11H17N3O3/c1-2-3-7-9(12)13-10(14-11(7)15)8-6-16-4-5-17-8/h8H,2-6H2,1H3,(H3,12,13,14,15). The molecule has 0 aliphatic carbocycles. The van der Waals surface area contributed by atoms with Crippen molar-refractivity contribution < 1.29 is 9.47 Å². The van der Waals surface area contributed by atoms with E-state index in [0.29, 0.717) is 43.4 Å². The molecule has 1 fully saturated rings. The molecule has 1 aliphatic rings. The second-order valence-electron chi connectivity index (χ2n) is 4.00. The van der Waals surface area contributed by atoms with Crippen LogP contribution in [-0.4, -0.2) is 29.8 Å². The van der Waals surface area contributed by atoms with Crippen LogP contribution < -0.4 is 11.3 Å². The molecule has 0 spiro atoms. The first kappa shape index (κ1) is 12.1. The van der Waals surface area contributed by atoms with E-state index in [1.807, 2.05) is 6.92 Å². The Hall–Kier alpha value is -1.40. The van der Waals surface area contributed by atoms with Crippen LogP contribution in [0.4, 0.5) is 5.82 Å². The number of nitrogens with one attached hydrogen (secondary N) is 1. The zero-order chi connectivity index (χ0) is 12.3. The maximum Gasteiger partial charge on any atom is 0.256 e. The van der Waals surface area contributed by atoms with Gasteiger partial charge in [-0.15, -0.1) is 0 Å². The van der Waals surface area contributed by atoms with Gasteiger partial charge in [0.15, 0.2) is 0 Å². The van der Waals surface area contributed by atoms with E-state index in [0.717, 1.165) is 6.42 Å². The van der Waals surface area contributed by atoms with E-state index >= 15 is 0 Å². The van der Waals surface area contributed by atoms with Gasteiger partial charge in [-0.25, -0.2) is 4.98 Å². The van der Waals surface area contributed by atoms with Crippen LogP contribution in [0.2, 0.25) is 0 Å². The van der Waals surface area contributed by atoms with Crippen molar-refractivity contribution in [2.45, 2.75) is 25.9 Å². The molecule has 1 unspecified atom stereocenters. The number of aromatic nitrogens is 2. The van der Waals surface area contributed by atoms with Gasteiger partial charge in [-0.2, -0.15) is 0 Å². The zero-order valence-electron chi connectivity index (χ0n) is 9.86. The van der Waals surface area contributed by atoms with E-state index in [2.05, 4.69) is 9.97 Å². The molecule has 2 rings (SSSR count). The minimum atomic E-state index is -0.325. The first-order chi connectivity index (χ1) is 8.22. The number of aromatic amines is 1. The molecule has 0 saturated carbocycles. The van der Waals surface area contributed by atoms with Gasteiger partial charge in [0.2, 0.25) is 0 Å². The number of nitrogens with two attached hydrogens (primary N) is 1. The molecule has 17 heavy (non-hydrogen) atoms. The predicted octanol–water partition coefficient (Wildman–Crippen LogP) is 0.392. The van der Waals surface area contributed by atoms with Crippen molar-refractivity contribution in [3.05, 3.63) is 21.7 Å². The summed E-state index contributed by atoms with van der Waals surface area (Å²) in [7, 11) is 0. The van der Waals surface area contributed by atoms with Crippen molar-refractivity contribution in [3.8, 4) is 0 Å². The summed E-state index contributed by atoms with van der Waals surface area (Å²) in [6.07, 6.45) is 1.17. The number of hydrogen-bond donors (Lipinski definition) is 2. The van der Waals surface area contributed by atoms with E-state index in [4.69, 9.17) is 15.2 Å². The molecule has 2 heterocycles. The summed E-state index contributed by atoms with van der Waals surface area (Å²) in [5.41, 5.74) is 6.16. The van der Waals surface area contributed by atoms with Crippen LogP contribution in [0.15, 0.2) is 4.79 Å². The number of anilines is 1. The maximum atomic E-state index is 11.8. The second kappa shape index (κ2) is 5.29. The van der Waals surface area contributed by atoms with Crippen LogP contribution in [0.1, 0.15) is 30.8 Å². The predicted molar refractivity (Wildman–Crippen MR) is 62.8 cm³/mol. The summed E-state index contributed by atoms with van der Waals surface area (Å²) in [4.78, 5) is 18.7. The van der Waals surface area contributed by atoms with Gasteiger partial charge < -0.3 is 20.2 Å². The molecular formula is C11H17N3O3. The van der Waals surface area contributed by atoms with Gasteiger partial charge in [0.25, 0.3) is 5.56 Å². The molecule has 0 bridgehead atoms. The third kappa shape index (κ3) is 2.65. The molecule has 0 aromatic carbocycles. The lowest BCUT2D eigenvalue weighted by molar-refractivity contribution is -0.0935. The zero-order valence-corrected chi connectivity index (χ0v) is 9.86. The van der Waals surface area contributed by atoms with Crippen molar-refractivity contribution in [1.29, 1.82) is 0 Å². The SMILES string of the molecule is CCCc1c(N)nc(C2COCCO2)[nH]c1=O. The Labute approximate surface area is 99.1 Å². The van der Waals surface area contributed by atoms with Crippen LogP contribution in [0.3, 0.4) is 0 Å². The van der Waals surface area contributed by atoms with E-state index in [1.165, 1.54) is 0 Å². The molecule has 1 aliphatic heterocycles. The van der Waals surface area contributed by atoms with Crippen LogP contribution in [-0.2, 0) is 15.9 Å². The van der Waals surface area contributed by atoms with Crippen molar-refractivity contribution >= 4 is 5.82 Å². The lowest BCUT2D eigenvalue weighted by Gasteiger charge is -2.22. The van der Waals surface area contributed by atoms with Gasteiger partial charge in [-0.1, -0.05) is 13.3 Å². The Bertz CT molecular complexity index is 438. The molecule has 1 aromatic rings. The Kier molecular flexibility index (Phi) is 3.75. The van der Waals surface area contributed by atoms with Gasteiger partial charge in [-0.3, -0.25) is 4.79 Å². The third-order valence-electron chi connectivity index (χ3n) is 2.69. The number of H-pyrrole nitrogens is 1. The number of rotatable bonds is 3. The fourth-order valence-electron chi connectivity index (χ4n) is 1.82. The van der Waals surface area contributed by atoms with E-state index in [-0.39, 0.29) is 11.7 Å². The monoisotopic (exact) mass is 239 g/mol. The van der Waals surface area contributed by atoms with Gasteiger partial charge in [-0.05, 0) is 6.42 Å². The molecule has 6 heteroatoms. The van der Waals surface area contributed by atoms with Gasteiger partial charge in [0, 0.05) is 0 Å². The molecule has 1 aromatic heterocycles. The smallest absolute Gasteiger partial charge is 0.256 e. The Morgan fingerprint density at radius 3 is 2.94 bits per heavy atom. The summed E-state index contributed by atoms with van der Waals surface area (Å²) < 4.78 is 10.7. The van der Waals surface area contributed by atoms with E-state index in [9.17, 15) is 4.79 Å². The first-order valence-electron chi connectivity index (χ1n) is 5.80. The van der Waals surface area contributed by atoms with Crippen molar-refractivity contribution in [2.24, 2.45) is 0 Å². The van der Waals surface area contributed by atoms with Gasteiger partial charge in [0.05, 0.1) is 25.4 Å². The number of nitrogen functional groups attached to an aromatic ring is 1. The molecule has 94 valence electrons. The first-order valence-corrected chi connectivity index (χ1v) is 5.80. The maximum absolute atomic E-state index is 11.8. The molecule has 1 atom stereocenters. The number of hydrogen-bond acceptors (Lipinski definition) is 5. The quantitative estimate of drug-likeness (QED) is 0.796. The number of nitrogens with zero attached hydrogens (tertiary/aromatic N) is 1. The highest BCUT2D eigenvalue weighted by Crippen LogP contribution is 2.17. The highest BCUT2D eigenvalue weighted by Gasteiger charge is 2.20. The minimum Gasteiger partial charge on any atom is -0.383 e. The summed E-state index contributed by atoms with van der Waals surface area (Å²) in [6.45, 7) is 3.47. The number of ether oxygens (including phenoxy) is 2. The Morgan fingerprint density at radius 2 is 2.35 bits per heavy atom. The largest absolute Gasteiger partial charge is 0.383 e. The molecule has 6 nitrogen and oxygen atoms in total. The topological polar surface area (TPSA) is 90.2 Å². The highest BCUT2D eigenvalue weighted by atomic mass is 16.6. The molecule has 0 amide bonds. The Balaban J connectivity index is 2.27. The molecule has 0 radical (unpaired) electrons. The fraction of sp³-hybridized carbons (Fsp3) is 0.636. The van der Waals surface area contributed by atoms with Gasteiger partial charge >= 0.3 is 0 Å². The van der Waals surface area contributed by atoms with Crippen LogP contribution >= 0.6 is 0 Å². The van der Waals surface area contributed by atoms with Crippen LogP contribution in [0, 0.1) is 0 Å². The lowest BCUT2D eigenvalue weighted by atomic mass is 10.2. The van der Waals surface area contributed by atoms with Crippen molar-refractivity contribution in [2.75, 3.05) is 25.6 Å². The summed E-state index contributed by atoms with van der Waals surface area (Å²) in [5.74, 6) is 0.742. The summed E-state index contributed by atoms with van der Waals surface area (Å²) in [5, 5.41) is 0. The van der Waals surface area contributed by atoms with E-state index in [1.54, 1.807) is 0 Å².